The Morgan fingerprint density at radius 1 is 1.36 bits per heavy atom. The molecule has 0 aliphatic heterocycles. The average molecular weight is 336 g/mol. The van der Waals surface area contributed by atoms with Gasteiger partial charge in [0.15, 0.2) is 11.6 Å². The van der Waals surface area contributed by atoms with Crippen LogP contribution in [0.4, 0.5) is 11.6 Å². The normalized spacial score (nSPS) is 13.4. The molecule has 25 heavy (non-hydrogen) atoms. The molecule has 8 heteroatoms. The van der Waals surface area contributed by atoms with Crippen molar-refractivity contribution in [3.8, 4) is 0 Å². The number of aromatic nitrogens is 4. The number of hydrogen-bond acceptors (Lipinski definition) is 7. The number of nitrogens with one attached hydrogen (secondary N) is 1. The van der Waals surface area contributed by atoms with Crippen molar-refractivity contribution in [2.75, 3.05) is 18.1 Å². The quantitative estimate of drug-likeness (QED) is 0.612. The van der Waals surface area contributed by atoms with E-state index in [2.05, 4.69) is 25.3 Å². The van der Waals surface area contributed by atoms with Gasteiger partial charge in [-0.1, -0.05) is 6.07 Å². The van der Waals surface area contributed by atoms with Gasteiger partial charge >= 0.3 is 0 Å². The second-order valence-electron chi connectivity index (χ2n) is 5.52. The molecule has 3 aromatic heterocycles. The number of nitrogens with zero attached hydrogens (tertiary/aromatic N) is 5. The number of nitrogen functional groups attached to an aromatic ring is 1. The fraction of sp³-hybridized carbons (Fsp3) is 0.176. The largest absolute Gasteiger partial charge is 0.404 e. The number of hydrogen-bond donors (Lipinski definition) is 3. The highest BCUT2D eigenvalue weighted by molar-refractivity contribution is 6.08. The van der Waals surface area contributed by atoms with E-state index in [-0.39, 0.29) is 6.04 Å². The van der Waals surface area contributed by atoms with Crippen LogP contribution in [0.5, 0.6) is 0 Å². The van der Waals surface area contributed by atoms with Crippen LogP contribution in [-0.2, 0) is 0 Å². The summed E-state index contributed by atoms with van der Waals surface area (Å²) in [4.78, 5) is 16.9. The van der Waals surface area contributed by atoms with Crippen LogP contribution in [0.2, 0.25) is 0 Å². The van der Waals surface area contributed by atoms with Crippen LogP contribution in [0.25, 0.3) is 11.2 Å². The van der Waals surface area contributed by atoms with Gasteiger partial charge in [0, 0.05) is 43.6 Å². The fourth-order valence-electron chi connectivity index (χ4n) is 2.46. The highest BCUT2D eigenvalue weighted by Crippen LogP contribution is 2.23. The van der Waals surface area contributed by atoms with Crippen LogP contribution >= 0.6 is 0 Å². The third-order valence-electron chi connectivity index (χ3n) is 3.81. The van der Waals surface area contributed by atoms with Crippen LogP contribution in [0.1, 0.15) is 24.2 Å². The Labute approximate surface area is 145 Å². The first-order valence-electron chi connectivity index (χ1n) is 7.78. The van der Waals surface area contributed by atoms with Crippen LogP contribution in [0, 0.1) is 0 Å². The maximum Gasteiger partial charge on any atom is 0.170 e. The first-order valence-corrected chi connectivity index (χ1v) is 7.78. The molecule has 3 heterocycles. The Morgan fingerprint density at radius 3 is 2.96 bits per heavy atom. The molecule has 0 saturated carbocycles. The van der Waals surface area contributed by atoms with E-state index >= 15 is 0 Å². The molecule has 0 aliphatic carbocycles. The number of fused-ring (bicyclic) bond motifs is 1. The molecule has 0 fully saturated rings. The van der Waals surface area contributed by atoms with Crippen LogP contribution < -0.4 is 16.8 Å². The Morgan fingerprint density at radius 2 is 2.20 bits per heavy atom. The van der Waals surface area contributed by atoms with Crippen molar-refractivity contribution in [2.24, 2.45) is 10.7 Å². The van der Waals surface area contributed by atoms with Crippen molar-refractivity contribution >= 4 is 29.1 Å². The van der Waals surface area contributed by atoms with Gasteiger partial charge in [-0.3, -0.25) is 4.99 Å². The Balaban J connectivity index is 1.88. The number of pyridine rings is 1. The summed E-state index contributed by atoms with van der Waals surface area (Å²) in [5.41, 5.74) is 14.8. The number of anilines is 2. The van der Waals surface area contributed by atoms with E-state index in [9.17, 15) is 0 Å². The zero-order valence-electron chi connectivity index (χ0n) is 14.1. The number of nitrogens with two attached hydrogens (primary N) is 2. The van der Waals surface area contributed by atoms with Crippen LogP contribution in [0.3, 0.4) is 0 Å². The topological polar surface area (TPSA) is 120 Å². The summed E-state index contributed by atoms with van der Waals surface area (Å²) in [5, 5.41) is 3.30. The van der Waals surface area contributed by atoms with Gasteiger partial charge in [0.2, 0.25) is 0 Å². The van der Waals surface area contributed by atoms with Crippen molar-refractivity contribution in [2.45, 2.75) is 13.0 Å². The van der Waals surface area contributed by atoms with E-state index in [0.717, 1.165) is 11.2 Å². The lowest BCUT2D eigenvalue weighted by atomic mass is 10.1. The third kappa shape index (κ3) is 3.42. The van der Waals surface area contributed by atoms with E-state index in [4.69, 9.17) is 11.5 Å². The van der Waals surface area contributed by atoms with E-state index in [1.807, 2.05) is 35.9 Å². The predicted molar refractivity (Wildman–Crippen MR) is 100 cm³/mol. The summed E-state index contributed by atoms with van der Waals surface area (Å²) in [6.07, 6.45) is 10.3. The molecule has 0 unspecified atom stereocenters. The summed E-state index contributed by atoms with van der Waals surface area (Å²) in [6.45, 7) is 2.03. The van der Waals surface area contributed by atoms with E-state index in [1.165, 1.54) is 6.20 Å². The number of imidazole rings is 1. The van der Waals surface area contributed by atoms with E-state index in [1.54, 1.807) is 25.7 Å². The van der Waals surface area contributed by atoms with Crippen LogP contribution in [0.15, 0.2) is 48.1 Å². The molecule has 0 radical (unpaired) electrons. The molecule has 0 bridgehead atoms. The number of aliphatic imine (C=N–C) groups is 1. The van der Waals surface area contributed by atoms with Gasteiger partial charge in [0.1, 0.15) is 5.65 Å². The summed E-state index contributed by atoms with van der Waals surface area (Å²) in [7, 11) is 1.67. The maximum absolute atomic E-state index is 5.97. The van der Waals surface area contributed by atoms with Crippen molar-refractivity contribution in [3.63, 3.8) is 0 Å². The second-order valence-corrected chi connectivity index (χ2v) is 5.52. The SMILES string of the molecule is CN=CC(=CN)c1cnc(N)c(N[C@@H](C)c2ccc3nccn3c2)n1. The molecule has 0 saturated heterocycles. The van der Waals surface area contributed by atoms with Crippen molar-refractivity contribution in [1.82, 2.24) is 19.4 Å². The molecular weight excluding hydrogens is 316 g/mol. The summed E-state index contributed by atoms with van der Waals surface area (Å²) in [5.74, 6) is 0.823. The summed E-state index contributed by atoms with van der Waals surface area (Å²) in [6, 6.07) is 3.96. The van der Waals surface area contributed by atoms with Gasteiger partial charge in [0.25, 0.3) is 0 Å². The smallest absolute Gasteiger partial charge is 0.170 e. The highest BCUT2D eigenvalue weighted by Gasteiger charge is 2.12. The first kappa shape index (κ1) is 16.4. The summed E-state index contributed by atoms with van der Waals surface area (Å²) < 4.78 is 1.96. The maximum atomic E-state index is 5.97. The molecule has 8 nitrogen and oxygen atoms in total. The molecule has 5 N–H and O–H groups in total. The van der Waals surface area contributed by atoms with E-state index in [0.29, 0.717) is 22.9 Å². The number of rotatable bonds is 5. The average Bonchev–Trinajstić information content (AvgIpc) is 3.09. The van der Waals surface area contributed by atoms with Crippen molar-refractivity contribution in [1.29, 1.82) is 0 Å². The first-order chi connectivity index (χ1) is 12.1. The highest BCUT2D eigenvalue weighted by atomic mass is 15.1. The van der Waals surface area contributed by atoms with Crippen molar-refractivity contribution < 1.29 is 0 Å². The molecule has 3 rings (SSSR count). The van der Waals surface area contributed by atoms with Gasteiger partial charge < -0.3 is 21.2 Å². The monoisotopic (exact) mass is 336 g/mol. The van der Waals surface area contributed by atoms with Crippen molar-refractivity contribution in [3.05, 3.63) is 54.4 Å². The molecule has 0 aromatic carbocycles. The molecule has 3 aromatic rings. The van der Waals surface area contributed by atoms with E-state index < -0.39 is 0 Å². The van der Waals surface area contributed by atoms with Gasteiger partial charge in [-0.05, 0) is 18.6 Å². The zero-order valence-corrected chi connectivity index (χ0v) is 14.1. The Kier molecular flexibility index (Phi) is 4.60. The van der Waals surface area contributed by atoms with Gasteiger partial charge in [-0.15, -0.1) is 0 Å². The third-order valence-corrected chi connectivity index (χ3v) is 3.81. The zero-order chi connectivity index (χ0) is 17.8. The van der Waals surface area contributed by atoms with Gasteiger partial charge in [-0.25, -0.2) is 15.0 Å². The Hall–Kier alpha value is -3.42. The van der Waals surface area contributed by atoms with Crippen LogP contribution in [-0.4, -0.2) is 32.6 Å². The molecule has 0 spiro atoms. The Bertz CT molecular complexity index is 941. The molecule has 128 valence electrons. The molecular formula is C17H20N8. The molecule has 1 atom stereocenters. The lowest BCUT2D eigenvalue weighted by Gasteiger charge is -2.17. The van der Waals surface area contributed by atoms with Gasteiger partial charge in [0.05, 0.1) is 17.9 Å². The predicted octanol–water partition coefficient (Wildman–Crippen LogP) is 1.88. The van der Waals surface area contributed by atoms with Gasteiger partial charge in [-0.2, -0.15) is 0 Å². The second kappa shape index (κ2) is 7.00. The lowest BCUT2D eigenvalue weighted by Crippen LogP contribution is -2.12. The number of allylic oxidation sites excluding steroid dienone is 1. The molecule has 0 aliphatic rings. The standard InChI is InChI=1S/C17H20N8/c1-11(12-3-4-15-21-5-6-25(15)10-12)23-17-16(19)22-9-14(24-17)13(7-18)8-20-2/h3-11H,18H2,1-2H3,(H2,19,22)(H,23,24)/t11-/m0/s1. The fourth-order valence-corrected chi connectivity index (χ4v) is 2.46. The molecule has 0 amide bonds. The minimum absolute atomic E-state index is 0.0243. The lowest BCUT2D eigenvalue weighted by molar-refractivity contribution is 0.859. The minimum Gasteiger partial charge on any atom is -0.404 e. The minimum atomic E-state index is -0.0243. The summed E-state index contributed by atoms with van der Waals surface area (Å²) >= 11 is 0.